The van der Waals surface area contributed by atoms with Crippen LogP contribution in [0.15, 0.2) is 29.4 Å². The van der Waals surface area contributed by atoms with Crippen LogP contribution in [0.4, 0.5) is 5.69 Å². The van der Waals surface area contributed by atoms with Crippen molar-refractivity contribution in [3.63, 3.8) is 0 Å². The highest BCUT2D eigenvalue weighted by molar-refractivity contribution is 7.99. The van der Waals surface area contributed by atoms with Crippen LogP contribution in [0.2, 0.25) is 0 Å². The standard InChI is InChI=1S/C17H19N5OS/c1-10-5-6-11(2)14(7-10)18-15(23)9-24-17-20-19-16-12(3)8-13(4)21-22(16)17/h5-8H,9H2,1-4H3,(H,18,23). The van der Waals surface area contributed by atoms with Gasteiger partial charge in [-0.25, -0.2) is 0 Å². The van der Waals surface area contributed by atoms with Crippen LogP contribution in [0.25, 0.3) is 5.65 Å². The van der Waals surface area contributed by atoms with Crippen molar-refractivity contribution < 1.29 is 4.79 Å². The molecule has 3 aromatic rings. The lowest BCUT2D eigenvalue weighted by atomic mass is 10.1. The van der Waals surface area contributed by atoms with Gasteiger partial charge in [-0.15, -0.1) is 10.2 Å². The molecule has 0 spiro atoms. The fraction of sp³-hybridized carbons (Fsp3) is 0.294. The van der Waals surface area contributed by atoms with E-state index in [1.54, 1.807) is 4.52 Å². The average Bonchev–Trinajstić information content (AvgIpc) is 2.92. The minimum Gasteiger partial charge on any atom is -0.325 e. The Balaban J connectivity index is 1.72. The number of fused-ring (bicyclic) bond motifs is 1. The van der Waals surface area contributed by atoms with Crippen molar-refractivity contribution in [3.8, 4) is 0 Å². The van der Waals surface area contributed by atoms with Crippen LogP contribution in [-0.2, 0) is 4.79 Å². The first-order chi connectivity index (χ1) is 11.4. The Bertz CT molecular complexity index is 919. The third-order valence-corrected chi connectivity index (χ3v) is 4.57. The van der Waals surface area contributed by atoms with Crippen LogP contribution in [0, 0.1) is 27.7 Å². The molecule has 0 bridgehead atoms. The van der Waals surface area contributed by atoms with Crippen LogP contribution >= 0.6 is 11.8 Å². The maximum Gasteiger partial charge on any atom is 0.234 e. The molecule has 0 aliphatic rings. The van der Waals surface area contributed by atoms with Crippen molar-refractivity contribution in [1.29, 1.82) is 0 Å². The molecule has 0 radical (unpaired) electrons. The fourth-order valence-electron chi connectivity index (χ4n) is 2.44. The van der Waals surface area contributed by atoms with E-state index in [1.165, 1.54) is 11.8 Å². The highest BCUT2D eigenvalue weighted by Gasteiger charge is 2.13. The Morgan fingerprint density at radius 3 is 2.71 bits per heavy atom. The SMILES string of the molecule is Cc1ccc(C)c(NC(=O)CSc2nnc3c(C)cc(C)nn23)c1. The Morgan fingerprint density at radius 2 is 1.92 bits per heavy atom. The maximum atomic E-state index is 12.2. The van der Waals surface area contributed by atoms with Crippen molar-refractivity contribution in [3.05, 3.63) is 46.6 Å². The molecule has 6 nitrogen and oxygen atoms in total. The minimum atomic E-state index is -0.0742. The number of nitrogens with zero attached hydrogens (tertiary/aromatic N) is 4. The molecule has 24 heavy (non-hydrogen) atoms. The summed E-state index contributed by atoms with van der Waals surface area (Å²) in [5.41, 5.74) is 5.62. The zero-order valence-corrected chi connectivity index (χ0v) is 14.9. The first-order valence-electron chi connectivity index (χ1n) is 7.63. The molecule has 124 valence electrons. The summed E-state index contributed by atoms with van der Waals surface area (Å²) in [5.74, 6) is 0.179. The lowest BCUT2D eigenvalue weighted by Crippen LogP contribution is -2.15. The summed E-state index contributed by atoms with van der Waals surface area (Å²) in [6, 6.07) is 7.96. The van der Waals surface area contributed by atoms with Crippen molar-refractivity contribution >= 4 is 29.0 Å². The first-order valence-corrected chi connectivity index (χ1v) is 8.62. The number of thioether (sulfide) groups is 1. The molecule has 0 atom stereocenters. The number of benzene rings is 1. The third kappa shape index (κ3) is 3.41. The number of nitrogens with one attached hydrogen (secondary N) is 1. The van der Waals surface area contributed by atoms with E-state index in [2.05, 4.69) is 20.6 Å². The molecule has 1 N–H and O–H groups in total. The Morgan fingerprint density at radius 1 is 1.12 bits per heavy atom. The van der Waals surface area contributed by atoms with Crippen LogP contribution in [-0.4, -0.2) is 31.5 Å². The summed E-state index contributed by atoms with van der Waals surface area (Å²) in [6.45, 7) is 7.88. The van der Waals surface area contributed by atoms with Gasteiger partial charge in [-0.3, -0.25) is 4.79 Å². The van der Waals surface area contributed by atoms with E-state index in [9.17, 15) is 4.79 Å². The van der Waals surface area contributed by atoms with Crippen LogP contribution in [0.5, 0.6) is 0 Å². The van der Waals surface area contributed by atoms with E-state index in [0.29, 0.717) is 5.16 Å². The zero-order valence-electron chi connectivity index (χ0n) is 14.1. The molecule has 1 aromatic carbocycles. The Kier molecular flexibility index (Phi) is 4.53. The molecule has 2 aromatic heterocycles. The number of anilines is 1. The predicted molar refractivity (Wildman–Crippen MR) is 95.5 cm³/mol. The second kappa shape index (κ2) is 6.60. The van der Waals surface area contributed by atoms with Gasteiger partial charge in [-0.1, -0.05) is 23.9 Å². The van der Waals surface area contributed by atoms with Gasteiger partial charge >= 0.3 is 0 Å². The second-order valence-corrected chi connectivity index (χ2v) is 6.78. The fourth-order valence-corrected chi connectivity index (χ4v) is 3.12. The molecule has 0 saturated heterocycles. The molecule has 0 aliphatic carbocycles. The quantitative estimate of drug-likeness (QED) is 0.738. The van der Waals surface area contributed by atoms with Gasteiger partial charge in [0.05, 0.1) is 11.4 Å². The Labute approximate surface area is 144 Å². The number of amides is 1. The molecule has 2 heterocycles. The average molecular weight is 341 g/mol. The number of hydrogen-bond acceptors (Lipinski definition) is 5. The highest BCUT2D eigenvalue weighted by atomic mass is 32.2. The molecule has 7 heteroatoms. The smallest absolute Gasteiger partial charge is 0.234 e. The van der Waals surface area contributed by atoms with E-state index in [1.807, 2.05) is 52.0 Å². The van der Waals surface area contributed by atoms with Crippen molar-refractivity contribution in [2.24, 2.45) is 0 Å². The van der Waals surface area contributed by atoms with Crippen molar-refractivity contribution in [1.82, 2.24) is 19.8 Å². The summed E-state index contributed by atoms with van der Waals surface area (Å²) >= 11 is 1.33. The van der Waals surface area contributed by atoms with E-state index in [-0.39, 0.29) is 11.7 Å². The molecule has 3 rings (SSSR count). The van der Waals surface area contributed by atoms with Gasteiger partial charge in [0.2, 0.25) is 11.1 Å². The molecule has 0 fully saturated rings. The molecular formula is C17H19N5OS. The third-order valence-electron chi connectivity index (χ3n) is 3.65. The van der Waals surface area contributed by atoms with Crippen LogP contribution in [0.1, 0.15) is 22.4 Å². The number of hydrogen-bond donors (Lipinski definition) is 1. The van der Waals surface area contributed by atoms with Crippen LogP contribution in [0.3, 0.4) is 0 Å². The molecule has 0 saturated carbocycles. The summed E-state index contributed by atoms with van der Waals surface area (Å²) in [6.07, 6.45) is 0. The first kappa shape index (κ1) is 16.4. The van der Waals surface area contributed by atoms with E-state index < -0.39 is 0 Å². The van der Waals surface area contributed by atoms with E-state index in [4.69, 9.17) is 0 Å². The van der Waals surface area contributed by atoms with Gasteiger partial charge in [-0.05, 0) is 56.5 Å². The predicted octanol–water partition coefficient (Wildman–Crippen LogP) is 3.09. The number of carbonyl (C=O) groups excluding carboxylic acids is 1. The summed E-state index contributed by atoms with van der Waals surface area (Å²) in [4.78, 5) is 12.2. The van der Waals surface area contributed by atoms with Crippen molar-refractivity contribution in [2.45, 2.75) is 32.9 Å². The Hall–Kier alpha value is -2.41. The summed E-state index contributed by atoms with van der Waals surface area (Å²) in [5, 5.41) is 16.3. The largest absolute Gasteiger partial charge is 0.325 e. The maximum absolute atomic E-state index is 12.2. The second-order valence-electron chi connectivity index (χ2n) is 5.84. The van der Waals surface area contributed by atoms with E-state index >= 15 is 0 Å². The normalized spacial score (nSPS) is 11.0. The van der Waals surface area contributed by atoms with Gasteiger partial charge in [0.1, 0.15) is 0 Å². The highest BCUT2D eigenvalue weighted by Crippen LogP contribution is 2.20. The monoisotopic (exact) mass is 341 g/mol. The van der Waals surface area contributed by atoms with Crippen LogP contribution < -0.4 is 5.32 Å². The molecule has 0 unspecified atom stereocenters. The van der Waals surface area contributed by atoms with Gasteiger partial charge in [0, 0.05) is 5.69 Å². The van der Waals surface area contributed by atoms with Gasteiger partial charge in [0.25, 0.3) is 0 Å². The topological polar surface area (TPSA) is 72.2 Å². The van der Waals surface area contributed by atoms with Crippen molar-refractivity contribution in [2.75, 3.05) is 11.1 Å². The summed E-state index contributed by atoms with van der Waals surface area (Å²) in [7, 11) is 0. The lowest BCUT2D eigenvalue weighted by Gasteiger charge is -2.09. The number of aryl methyl sites for hydroxylation is 4. The van der Waals surface area contributed by atoms with Gasteiger partial charge in [0.15, 0.2) is 5.65 Å². The zero-order chi connectivity index (χ0) is 17.3. The summed E-state index contributed by atoms with van der Waals surface area (Å²) < 4.78 is 1.69. The number of carbonyl (C=O) groups is 1. The number of aromatic nitrogens is 4. The van der Waals surface area contributed by atoms with E-state index in [0.717, 1.165) is 33.7 Å². The molecular weight excluding hydrogens is 322 g/mol. The molecule has 1 amide bonds. The lowest BCUT2D eigenvalue weighted by molar-refractivity contribution is -0.113. The van der Waals surface area contributed by atoms with Gasteiger partial charge < -0.3 is 5.32 Å². The van der Waals surface area contributed by atoms with Gasteiger partial charge in [-0.2, -0.15) is 9.61 Å². The minimum absolute atomic E-state index is 0.0742. The number of rotatable bonds is 4. The molecule has 0 aliphatic heterocycles.